The summed E-state index contributed by atoms with van der Waals surface area (Å²) < 4.78 is 11.3. The van der Waals surface area contributed by atoms with E-state index in [-0.39, 0.29) is 0 Å². The van der Waals surface area contributed by atoms with Crippen LogP contribution >= 0.6 is 0 Å². The van der Waals surface area contributed by atoms with Crippen molar-refractivity contribution in [3.05, 3.63) is 60.2 Å². The highest BCUT2D eigenvalue weighted by molar-refractivity contribution is 5.28. The molecule has 0 atom stereocenters. The first-order valence-electron chi connectivity index (χ1n) is 6.78. The van der Waals surface area contributed by atoms with Crippen LogP contribution < -0.4 is 9.47 Å². The molecule has 2 rings (SSSR count). The van der Waals surface area contributed by atoms with Gasteiger partial charge in [-0.2, -0.15) is 0 Å². The summed E-state index contributed by atoms with van der Waals surface area (Å²) in [6.07, 6.45) is 2.25. The van der Waals surface area contributed by atoms with E-state index >= 15 is 0 Å². The van der Waals surface area contributed by atoms with Crippen molar-refractivity contribution in [3.8, 4) is 11.5 Å². The first kappa shape index (κ1) is 13.5. The Morgan fingerprint density at radius 1 is 0.789 bits per heavy atom. The summed E-state index contributed by atoms with van der Waals surface area (Å²) in [6.45, 7) is 3.30. The second-order valence-corrected chi connectivity index (χ2v) is 4.41. The quantitative estimate of drug-likeness (QED) is 0.694. The third kappa shape index (κ3) is 4.66. The highest BCUT2D eigenvalue weighted by atomic mass is 16.5. The number of ether oxygens (including phenoxy) is 2. The molecular formula is C17H20O2. The van der Waals surface area contributed by atoms with E-state index < -0.39 is 0 Å². The van der Waals surface area contributed by atoms with Crippen molar-refractivity contribution in [3.63, 3.8) is 0 Å². The van der Waals surface area contributed by atoms with Crippen molar-refractivity contribution < 1.29 is 9.47 Å². The van der Waals surface area contributed by atoms with Gasteiger partial charge in [-0.1, -0.05) is 43.7 Å². The van der Waals surface area contributed by atoms with Gasteiger partial charge < -0.3 is 9.47 Å². The Labute approximate surface area is 115 Å². The third-order valence-electron chi connectivity index (χ3n) is 2.80. The van der Waals surface area contributed by atoms with Crippen LogP contribution in [0.25, 0.3) is 0 Å². The molecule has 2 nitrogen and oxygen atoms in total. The standard InChI is InChI=1S/C17H20O2/c1-2-7-15-8-6-11-17(14-15)19-13-12-18-16-9-4-3-5-10-16/h3-6,8-11,14H,2,7,12-13H2,1H3. The van der Waals surface area contributed by atoms with E-state index in [2.05, 4.69) is 19.1 Å². The summed E-state index contributed by atoms with van der Waals surface area (Å²) in [7, 11) is 0. The molecule has 0 heterocycles. The van der Waals surface area contributed by atoms with Crippen molar-refractivity contribution in [2.75, 3.05) is 13.2 Å². The predicted octanol–water partition coefficient (Wildman–Crippen LogP) is 4.10. The molecule has 2 aromatic carbocycles. The average Bonchev–Trinajstić information content (AvgIpc) is 2.46. The molecule has 0 fully saturated rings. The molecule has 0 aliphatic heterocycles. The van der Waals surface area contributed by atoms with Crippen molar-refractivity contribution in [1.82, 2.24) is 0 Å². The fourth-order valence-electron chi connectivity index (χ4n) is 1.92. The van der Waals surface area contributed by atoms with Crippen molar-refractivity contribution in [1.29, 1.82) is 0 Å². The molecule has 19 heavy (non-hydrogen) atoms. The third-order valence-corrected chi connectivity index (χ3v) is 2.80. The first-order valence-corrected chi connectivity index (χ1v) is 6.78. The van der Waals surface area contributed by atoms with E-state index in [4.69, 9.17) is 9.47 Å². The molecule has 2 heteroatoms. The average molecular weight is 256 g/mol. The fraction of sp³-hybridized carbons (Fsp3) is 0.294. The molecule has 0 radical (unpaired) electrons. The highest BCUT2D eigenvalue weighted by Gasteiger charge is 1.97. The minimum Gasteiger partial charge on any atom is -0.490 e. The second kappa shape index (κ2) is 7.47. The molecule has 0 unspecified atom stereocenters. The van der Waals surface area contributed by atoms with Crippen LogP contribution in [0.3, 0.4) is 0 Å². The van der Waals surface area contributed by atoms with Gasteiger partial charge in [0.1, 0.15) is 24.7 Å². The Hall–Kier alpha value is -1.96. The van der Waals surface area contributed by atoms with Gasteiger partial charge >= 0.3 is 0 Å². The summed E-state index contributed by atoms with van der Waals surface area (Å²) in [5.74, 6) is 1.80. The molecule has 0 spiro atoms. The summed E-state index contributed by atoms with van der Waals surface area (Å²) in [5.41, 5.74) is 1.32. The smallest absolute Gasteiger partial charge is 0.122 e. The van der Waals surface area contributed by atoms with Crippen LogP contribution in [0.1, 0.15) is 18.9 Å². The maximum atomic E-state index is 5.69. The number of benzene rings is 2. The molecular weight excluding hydrogens is 236 g/mol. The lowest BCUT2D eigenvalue weighted by Crippen LogP contribution is -2.09. The Morgan fingerprint density at radius 2 is 1.47 bits per heavy atom. The van der Waals surface area contributed by atoms with E-state index in [1.165, 1.54) is 5.56 Å². The minimum atomic E-state index is 0.558. The first-order chi connectivity index (χ1) is 9.38. The van der Waals surface area contributed by atoms with Gasteiger partial charge in [-0.25, -0.2) is 0 Å². The van der Waals surface area contributed by atoms with Gasteiger partial charge in [-0.05, 0) is 36.2 Å². The molecule has 100 valence electrons. The van der Waals surface area contributed by atoms with Crippen LogP contribution in [0, 0.1) is 0 Å². The Morgan fingerprint density at radius 3 is 2.21 bits per heavy atom. The summed E-state index contributed by atoms with van der Waals surface area (Å²) >= 11 is 0. The number of hydrogen-bond acceptors (Lipinski definition) is 2. The van der Waals surface area contributed by atoms with Crippen LogP contribution in [0.5, 0.6) is 11.5 Å². The Kier molecular flexibility index (Phi) is 5.30. The van der Waals surface area contributed by atoms with Gasteiger partial charge in [-0.15, -0.1) is 0 Å². The van der Waals surface area contributed by atoms with E-state index in [0.717, 1.165) is 24.3 Å². The van der Waals surface area contributed by atoms with Gasteiger partial charge in [0, 0.05) is 0 Å². The molecule has 0 saturated heterocycles. The lowest BCUT2D eigenvalue weighted by molar-refractivity contribution is 0.217. The number of rotatable bonds is 7. The maximum Gasteiger partial charge on any atom is 0.122 e. The van der Waals surface area contributed by atoms with Gasteiger partial charge in [0.05, 0.1) is 0 Å². The fourth-order valence-corrected chi connectivity index (χ4v) is 1.92. The molecule has 2 aromatic rings. The van der Waals surface area contributed by atoms with Crippen LogP contribution in [0.15, 0.2) is 54.6 Å². The van der Waals surface area contributed by atoms with Gasteiger partial charge in [-0.3, -0.25) is 0 Å². The molecule has 0 N–H and O–H groups in total. The second-order valence-electron chi connectivity index (χ2n) is 4.41. The van der Waals surface area contributed by atoms with E-state index in [9.17, 15) is 0 Å². The lowest BCUT2D eigenvalue weighted by Gasteiger charge is -2.09. The van der Waals surface area contributed by atoms with Crippen molar-refractivity contribution in [2.45, 2.75) is 19.8 Å². The molecule has 0 aliphatic carbocycles. The summed E-state index contributed by atoms with van der Waals surface area (Å²) in [6, 6.07) is 18.1. The lowest BCUT2D eigenvalue weighted by atomic mass is 10.1. The normalized spacial score (nSPS) is 10.2. The van der Waals surface area contributed by atoms with E-state index in [1.54, 1.807) is 0 Å². The molecule has 0 bridgehead atoms. The Bertz CT molecular complexity index is 480. The van der Waals surface area contributed by atoms with Gasteiger partial charge in [0.15, 0.2) is 0 Å². The van der Waals surface area contributed by atoms with Crippen molar-refractivity contribution >= 4 is 0 Å². The zero-order valence-electron chi connectivity index (χ0n) is 11.3. The van der Waals surface area contributed by atoms with Crippen molar-refractivity contribution in [2.24, 2.45) is 0 Å². The summed E-state index contributed by atoms with van der Waals surface area (Å²) in [5, 5.41) is 0. The molecule has 0 aromatic heterocycles. The zero-order chi connectivity index (χ0) is 13.3. The SMILES string of the molecule is CCCc1cccc(OCCOc2ccccc2)c1. The largest absolute Gasteiger partial charge is 0.490 e. The highest BCUT2D eigenvalue weighted by Crippen LogP contribution is 2.14. The topological polar surface area (TPSA) is 18.5 Å². The monoisotopic (exact) mass is 256 g/mol. The van der Waals surface area contributed by atoms with Crippen LogP contribution in [-0.4, -0.2) is 13.2 Å². The van der Waals surface area contributed by atoms with E-state index in [1.807, 2.05) is 42.5 Å². The van der Waals surface area contributed by atoms with Gasteiger partial charge in [0.2, 0.25) is 0 Å². The van der Waals surface area contributed by atoms with E-state index in [0.29, 0.717) is 13.2 Å². The number of hydrogen-bond donors (Lipinski definition) is 0. The van der Waals surface area contributed by atoms with Crippen LogP contribution in [-0.2, 0) is 6.42 Å². The molecule has 0 amide bonds. The zero-order valence-corrected chi connectivity index (χ0v) is 11.3. The van der Waals surface area contributed by atoms with Crippen LogP contribution in [0.2, 0.25) is 0 Å². The summed E-state index contributed by atoms with van der Waals surface area (Å²) in [4.78, 5) is 0. The number of para-hydroxylation sites is 1. The molecule has 0 aliphatic rings. The predicted molar refractivity (Wildman–Crippen MR) is 77.9 cm³/mol. The van der Waals surface area contributed by atoms with Crippen LogP contribution in [0.4, 0.5) is 0 Å². The number of aryl methyl sites for hydroxylation is 1. The van der Waals surface area contributed by atoms with Gasteiger partial charge in [0.25, 0.3) is 0 Å². The maximum absolute atomic E-state index is 5.69. The minimum absolute atomic E-state index is 0.558. The Balaban J connectivity index is 1.75. The molecule has 0 saturated carbocycles.